The van der Waals surface area contributed by atoms with Crippen molar-refractivity contribution < 1.29 is 9.90 Å². The minimum Gasteiger partial charge on any atom is -0.390 e. The van der Waals surface area contributed by atoms with Crippen LogP contribution in [0.1, 0.15) is 40.0 Å². The normalized spacial score (nSPS) is 14.0. The van der Waals surface area contributed by atoms with Gasteiger partial charge in [0.15, 0.2) is 0 Å². The lowest BCUT2D eigenvalue weighted by Gasteiger charge is -2.17. The number of amides is 1. The van der Waals surface area contributed by atoms with E-state index < -0.39 is 5.60 Å². The highest BCUT2D eigenvalue weighted by atomic mass is 16.3. The summed E-state index contributed by atoms with van der Waals surface area (Å²) in [7, 11) is 0. The Kier molecular flexibility index (Phi) is 4.90. The highest BCUT2D eigenvalue weighted by molar-refractivity contribution is 5.47. The Morgan fingerprint density at radius 2 is 2.17 bits per heavy atom. The fourth-order valence-corrected chi connectivity index (χ4v) is 1.01. The summed E-state index contributed by atoms with van der Waals surface area (Å²) in [5.74, 6) is 0. The SMILES string of the molecule is CC(CCCC(C)(C)O)N[C]=O. The topological polar surface area (TPSA) is 49.3 Å². The monoisotopic (exact) mass is 172 g/mol. The van der Waals surface area contributed by atoms with E-state index in [1.54, 1.807) is 20.3 Å². The van der Waals surface area contributed by atoms with Gasteiger partial charge in [-0.25, -0.2) is 0 Å². The zero-order valence-corrected chi connectivity index (χ0v) is 8.05. The van der Waals surface area contributed by atoms with E-state index >= 15 is 0 Å². The lowest BCUT2D eigenvalue weighted by molar-refractivity contribution is 0.0677. The van der Waals surface area contributed by atoms with Gasteiger partial charge in [0.1, 0.15) is 0 Å². The van der Waals surface area contributed by atoms with Crippen LogP contribution in [0.3, 0.4) is 0 Å². The Labute approximate surface area is 74.2 Å². The van der Waals surface area contributed by atoms with Crippen molar-refractivity contribution in [3.8, 4) is 0 Å². The fourth-order valence-electron chi connectivity index (χ4n) is 1.01. The lowest BCUT2D eigenvalue weighted by Crippen LogP contribution is -2.25. The number of carbonyl (C=O) groups excluding carboxylic acids is 1. The molecule has 1 unspecified atom stereocenters. The van der Waals surface area contributed by atoms with Crippen molar-refractivity contribution in [1.82, 2.24) is 5.32 Å². The molecule has 0 aliphatic carbocycles. The first-order chi connectivity index (χ1) is 5.45. The van der Waals surface area contributed by atoms with Crippen molar-refractivity contribution in [2.45, 2.75) is 51.7 Å². The minimum absolute atomic E-state index is 0.157. The van der Waals surface area contributed by atoms with Crippen LogP contribution in [0.15, 0.2) is 0 Å². The molecule has 0 rings (SSSR count). The predicted octanol–water partition coefficient (Wildman–Crippen LogP) is 0.973. The van der Waals surface area contributed by atoms with E-state index in [0.29, 0.717) is 0 Å². The van der Waals surface area contributed by atoms with Gasteiger partial charge in [-0.05, 0) is 40.0 Å². The van der Waals surface area contributed by atoms with Gasteiger partial charge in [0.2, 0.25) is 0 Å². The van der Waals surface area contributed by atoms with E-state index in [1.165, 1.54) is 0 Å². The Morgan fingerprint density at radius 1 is 1.58 bits per heavy atom. The van der Waals surface area contributed by atoms with Gasteiger partial charge in [-0.1, -0.05) is 0 Å². The summed E-state index contributed by atoms with van der Waals surface area (Å²) in [5.41, 5.74) is -0.593. The van der Waals surface area contributed by atoms with Gasteiger partial charge in [0.25, 0.3) is 0 Å². The average molecular weight is 172 g/mol. The second-order valence-electron chi connectivity index (χ2n) is 3.85. The molecule has 1 atom stereocenters. The van der Waals surface area contributed by atoms with Crippen molar-refractivity contribution in [1.29, 1.82) is 0 Å². The first-order valence-corrected chi connectivity index (χ1v) is 4.31. The molecule has 1 amide bonds. The van der Waals surface area contributed by atoms with Crippen LogP contribution in [0.2, 0.25) is 0 Å². The predicted molar refractivity (Wildman–Crippen MR) is 48.4 cm³/mol. The molecule has 12 heavy (non-hydrogen) atoms. The van der Waals surface area contributed by atoms with Gasteiger partial charge >= 0.3 is 6.41 Å². The Balaban J connectivity index is 3.36. The van der Waals surface area contributed by atoms with Crippen LogP contribution < -0.4 is 5.32 Å². The first-order valence-electron chi connectivity index (χ1n) is 4.31. The van der Waals surface area contributed by atoms with Crippen LogP contribution in [-0.2, 0) is 4.79 Å². The number of hydrogen-bond donors (Lipinski definition) is 2. The summed E-state index contributed by atoms with van der Waals surface area (Å²) < 4.78 is 0. The maximum Gasteiger partial charge on any atom is 0.309 e. The van der Waals surface area contributed by atoms with Crippen molar-refractivity contribution >= 4 is 6.41 Å². The summed E-state index contributed by atoms with van der Waals surface area (Å²) >= 11 is 0. The van der Waals surface area contributed by atoms with Gasteiger partial charge in [-0.3, -0.25) is 4.79 Å². The summed E-state index contributed by atoms with van der Waals surface area (Å²) in [5, 5.41) is 11.9. The third kappa shape index (κ3) is 7.54. The molecule has 3 nitrogen and oxygen atoms in total. The molecule has 71 valence electrons. The van der Waals surface area contributed by atoms with Gasteiger partial charge in [0, 0.05) is 6.04 Å². The van der Waals surface area contributed by atoms with Crippen LogP contribution in [0.4, 0.5) is 0 Å². The molecule has 0 fully saturated rings. The number of rotatable bonds is 6. The quantitative estimate of drug-likeness (QED) is 0.587. The van der Waals surface area contributed by atoms with Crippen LogP contribution >= 0.6 is 0 Å². The number of aliphatic hydroxyl groups is 1. The van der Waals surface area contributed by atoms with E-state index in [-0.39, 0.29) is 6.04 Å². The number of hydrogen-bond acceptors (Lipinski definition) is 2. The molecule has 0 bridgehead atoms. The zero-order chi connectivity index (χ0) is 9.61. The Morgan fingerprint density at radius 3 is 2.58 bits per heavy atom. The smallest absolute Gasteiger partial charge is 0.309 e. The molecule has 0 saturated carbocycles. The zero-order valence-electron chi connectivity index (χ0n) is 8.05. The second-order valence-corrected chi connectivity index (χ2v) is 3.85. The third-order valence-corrected chi connectivity index (χ3v) is 1.73. The van der Waals surface area contributed by atoms with E-state index in [0.717, 1.165) is 19.3 Å². The summed E-state index contributed by atoms with van der Waals surface area (Å²) in [6.07, 6.45) is 4.22. The van der Waals surface area contributed by atoms with E-state index in [2.05, 4.69) is 5.32 Å². The molecular weight excluding hydrogens is 154 g/mol. The fraction of sp³-hybridized carbons (Fsp3) is 0.889. The maximum absolute atomic E-state index is 9.89. The Hall–Kier alpha value is -0.570. The highest BCUT2D eigenvalue weighted by Gasteiger charge is 2.12. The van der Waals surface area contributed by atoms with Gasteiger partial charge in [-0.2, -0.15) is 0 Å². The molecule has 0 aromatic carbocycles. The molecule has 2 N–H and O–H groups in total. The first kappa shape index (κ1) is 11.4. The van der Waals surface area contributed by atoms with Crippen LogP contribution in [-0.4, -0.2) is 23.2 Å². The minimum atomic E-state index is -0.593. The van der Waals surface area contributed by atoms with Gasteiger partial charge in [0.05, 0.1) is 5.60 Å². The summed E-state index contributed by atoms with van der Waals surface area (Å²) in [6.45, 7) is 5.50. The highest BCUT2D eigenvalue weighted by Crippen LogP contribution is 2.12. The molecule has 0 aliphatic heterocycles. The average Bonchev–Trinajstić information content (AvgIpc) is 1.84. The van der Waals surface area contributed by atoms with Crippen molar-refractivity contribution in [2.24, 2.45) is 0 Å². The lowest BCUT2D eigenvalue weighted by atomic mass is 10.00. The van der Waals surface area contributed by atoms with Crippen LogP contribution in [0.25, 0.3) is 0 Å². The maximum atomic E-state index is 9.89. The van der Waals surface area contributed by atoms with Crippen molar-refractivity contribution in [3.63, 3.8) is 0 Å². The molecule has 0 aromatic heterocycles. The van der Waals surface area contributed by atoms with E-state index in [9.17, 15) is 9.90 Å². The molecule has 0 spiro atoms. The van der Waals surface area contributed by atoms with E-state index in [1.807, 2.05) is 6.92 Å². The van der Waals surface area contributed by atoms with Crippen molar-refractivity contribution in [3.05, 3.63) is 0 Å². The van der Waals surface area contributed by atoms with Crippen LogP contribution in [0, 0.1) is 0 Å². The standard InChI is InChI=1S/C9H18NO2/c1-8(10-7-11)5-4-6-9(2,3)12/h8,12H,4-6H2,1-3H3,(H,10,11). The molecular formula is C9H18NO2. The number of nitrogens with one attached hydrogen (secondary N) is 1. The molecule has 0 aliphatic rings. The van der Waals surface area contributed by atoms with Crippen molar-refractivity contribution in [2.75, 3.05) is 0 Å². The van der Waals surface area contributed by atoms with Gasteiger partial charge < -0.3 is 10.4 Å². The molecule has 0 aromatic rings. The molecule has 0 heterocycles. The summed E-state index contributed by atoms with van der Waals surface area (Å²) in [6, 6.07) is 0.157. The summed E-state index contributed by atoms with van der Waals surface area (Å²) in [4.78, 5) is 9.89. The third-order valence-electron chi connectivity index (χ3n) is 1.73. The Bertz CT molecular complexity index is 129. The van der Waals surface area contributed by atoms with E-state index in [4.69, 9.17) is 0 Å². The second kappa shape index (κ2) is 5.14. The molecule has 0 saturated heterocycles. The van der Waals surface area contributed by atoms with Crippen LogP contribution in [0.5, 0.6) is 0 Å². The molecule has 1 radical (unpaired) electrons. The van der Waals surface area contributed by atoms with Gasteiger partial charge in [-0.15, -0.1) is 0 Å². The molecule has 3 heteroatoms. The largest absolute Gasteiger partial charge is 0.390 e.